The Morgan fingerprint density at radius 3 is 2.44 bits per heavy atom. The van der Waals surface area contributed by atoms with Crippen LogP contribution < -0.4 is 5.73 Å². The van der Waals surface area contributed by atoms with Crippen LogP contribution in [0.4, 0.5) is 0 Å². The molecule has 16 heavy (non-hydrogen) atoms. The molecule has 1 aliphatic rings. The van der Waals surface area contributed by atoms with Crippen molar-refractivity contribution in [3.63, 3.8) is 0 Å². The van der Waals surface area contributed by atoms with Gasteiger partial charge in [-0.15, -0.1) is 0 Å². The SMILES string of the molecule is CC(CN(C)S(=O)(=O)C1CCCC1)C(=N)N. The standard InChI is InChI=1S/C10H21N3O2S/c1-8(10(11)12)7-13(2)16(14,15)9-5-3-4-6-9/h8-9H,3-7H2,1-2H3,(H3,11,12). The van der Waals surface area contributed by atoms with E-state index < -0.39 is 10.0 Å². The van der Waals surface area contributed by atoms with Gasteiger partial charge in [-0.2, -0.15) is 0 Å². The second-order valence-electron chi connectivity index (χ2n) is 4.59. The van der Waals surface area contributed by atoms with Crippen molar-refractivity contribution in [1.29, 1.82) is 5.41 Å². The second kappa shape index (κ2) is 5.14. The number of rotatable bonds is 5. The topological polar surface area (TPSA) is 87.2 Å². The third-order valence-corrected chi connectivity index (χ3v) is 5.55. The molecular formula is C10H21N3O2S. The van der Waals surface area contributed by atoms with Crippen molar-refractivity contribution in [3.8, 4) is 0 Å². The Labute approximate surface area is 97.6 Å². The van der Waals surface area contributed by atoms with Gasteiger partial charge in [-0.25, -0.2) is 12.7 Å². The maximum absolute atomic E-state index is 12.1. The van der Waals surface area contributed by atoms with Gasteiger partial charge in [-0.05, 0) is 12.8 Å². The van der Waals surface area contributed by atoms with Crippen molar-refractivity contribution >= 4 is 15.9 Å². The van der Waals surface area contributed by atoms with Crippen LogP contribution in [-0.4, -0.2) is 37.4 Å². The van der Waals surface area contributed by atoms with Gasteiger partial charge >= 0.3 is 0 Å². The Bertz CT molecular complexity index is 347. The summed E-state index contributed by atoms with van der Waals surface area (Å²) in [4.78, 5) is 0. The average molecular weight is 247 g/mol. The Hall–Kier alpha value is -0.620. The highest BCUT2D eigenvalue weighted by atomic mass is 32.2. The average Bonchev–Trinajstić information content (AvgIpc) is 2.70. The summed E-state index contributed by atoms with van der Waals surface area (Å²) in [6.07, 6.45) is 3.53. The zero-order valence-corrected chi connectivity index (χ0v) is 10.8. The van der Waals surface area contributed by atoms with Crippen LogP contribution >= 0.6 is 0 Å². The van der Waals surface area contributed by atoms with Crippen LogP contribution in [0.3, 0.4) is 0 Å². The van der Waals surface area contributed by atoms with Gasteiger partial charge in [-0.3, -0.25) is 5.41 Å². The first-order valence-electron chi connectivity index (χ1n) is 5.64. The van der Waals surface area contributed by atoms with Crippen molar-refractivity contribution in [2.45, 2.75) is 37.9 Å². The molecule has 0 bridgehead atoms. The van der Waals surface area contributed by atoms with Gasteiger partial charge in [-0.1, -0.05) is 19.8 Å². The van der Waals surface area contributed by atoms with Crippen LogP contribution in [-0.2, 0) is 10.0 Å². The highest BCUT2D eigenvalue weighted by Crippen LogP contribution is 2.26. The van der Waals surface area contributed by atoms with Gasteiger partial charge in [0.25, 0.3) is 0 Å². The quantitative estimate of drug-likeness (QED) is 0.555. The van der Waals surface area contributed by atoms with Gasteiger partial charge in [0.15, 0.2) is 0 Å². The molecule has 0 heterocycles. The molecule has 1 fully saturated rings. The molecule has 0 aliphatic heterocycles. The van der Waals surface area contributed by atoms with E-state index in [1.165, 1.54) is 4.31 Å². The van der Waals surface area contributed by atoms with Gasteiger partial charge in [0.05, 0.1) is 11.1 Å². The minimum Gasteiger partial charge on any atom is -0.387 e. The van der Waals surface area contributed by atoms with Crippen LogP contribution in [0.15, 0.2) is 0 Å². The van der Waals surface area contributed by atoms with E-state index in [1.54, 1.807) is 14.0 Å². The summed E-state index contributed by atoms with van der Waals surface area (Å²) < 4.78 is 25.6. The molecule has 94 valence electrons. The van der Waals surface area contributed by atoms with Gasteiger partial charge in [0.1, 0.15) is 0 Å². The predicted octanol–water partition coefficient (Wildman–Crippen LogP) is 0.763. The smallest absolute Gasteiger partial charge is 0.216 e. The van der Waals surface area contributed by atoms with E-state index in [0.29, 0.717) is 6.54 Å². The molecule has 1 rings (SSSR count). The van der Waals surface area contributed by atoms with E-state index in [9.17, 15) is 8.42 Å². The van der Waals surface area contributed by atoms with Crippen LogP contribution in [0.25, 0.3) is 0 Å². The van der Waals surface area contributed by atoms with Crippen molar-refractivity contribution < 1.29 is 8.42 Å². The second-order valence-corrected chi connectivity index (χ2v) is 6.91. The predicted molar refractivity (Wildman–Crippen MR) is 64.9 cm³/mol. The largest absolute Gasteiger partial charge is 0.387 e. The molecule has 1 atom stereocenters. The molecule has 5 nitrogen and oxygen atoms in total. The zero-order valence-electron chi connectivity index (χ0n) is 9.94. The Kier molecular flexibility index (Phi) is 4.32. The minimum atomic E-state index is -3.19. The summed E-state index contributed by atoms with van der Waals surface area (Å²) in [6.45, 7) is 2.07. The maximum atomic E-state index is 12.1. The number of nitrogens with two attached hydrogens (primary N) is 1. The molecule has 0 radical (unpaired) electrons. The lowest BCUT2D eigenvalue weighted by molar-refractivity contribution is 0.434. The number of sulfonamides is 1. The van der Waals surface area contributed by atoms with Gasteiger partial charge < -0.3 is 5.73 Å². The molecule has 0 aromatic heterocycles. The van der Waals surface area contributed by atoms with Crippen LogP contribution in [0, 0.1) is 11.3 Å². The number of hydrogen-bond donors (Lipinski definition) is 2. The van der Waals surface area contributed by atoms with Gasteiger partial charge in [0, 0.05) is 19.5 Å². The van der Waals surface area contributed by atoms with Crippen molar-refractivity contribution in [3.05, 3.63) is 0 Å². The van der Waals surface area contributed by atoms with Crippen molar-refractivity contribution in [1.82, 2.24) is 4.31 Å². The lowest BCUT2D eigenvalue weighted by Gasteiger charge is -2.23. The molecule has 0 aromatic rings. The molecule has 1 unspecified atom stereocenters. The molecule has 1 aliphatic carbocycles. The monoisotopic (exact) mass is 247 g/mol. The van der Waals surface area contributed by atoms with E-state index in [0.717, 1.165) is 25.7 Å². The van der Waals surface area contributed by atoms with Crippen LogP contribution in [0.2, 0.25) is 0 Å². The van der Waals surface area contributed by atoms with E-state index in [2.05, 4.69) is 0 Å². The third kappa shape index (κ3) is 2.95. The van der Waals surface area contributed by atoms with Crippen LogP contribution in [0.1, 0.15) is 32.6 Å². The van der Waals surface area contributed by atoms with E-state index in [4.69, 9.17) is 11.1 Å². The van der Waals surface area contributed by atoms with E-state index in [-0.39, 0.29) is 17.0 Å². The highest BCUT2D eigenvalue weighted by Gasteiger charge is 2.32. The lowest BCUT2D eigenvalue weighted by atomic mass is 10.2. The Morgan fingerprint density at radius 1 is 1.50 bits per heavy atom. The third-order valence-electron chi connectivity index (χ3n) is 3.22. The molecule has 0 amide bonds. The van der Waals surface area contributed by atoms with Crippen LogP contribution in [0.5, 0.6) is 0 Å². The minimum absolute atomic E-state index is 0.0356. The first-order valence-corrected chi connectivity index (χ1v) is 7.15. The lowest BCUT2D eigenvalue weighted by Crippen LogP contribution is -2.40. The summed E-state index contributed by atoms with van der Waals surface area (Å²) >= 11 is 0. The molecule has 3 N–H and O–H groups in total. The Morgan fingerprint density at radius 2 is 2.00 bits per heavy atom. The highest BCUT2D eigenvalue weighted by molar-refractivity contribution is 7.89. The summed E-state index contributed by atoms with van der Waals surface area (Å²) in [5.74, 6) is -0.186. The number of hydrogen-bond acceptors (Lipinski definition) is 3. The normalized spacial score (nSPS) is 20.2. The molecule has 0 saturated heterocycles. The summed E-state index contributed by atoms with van der Waals surface area (Å²) in [7, 11) is -1.61. The van der Waals surface area contributed by atoms with E-state index in [1.807, 2.05) is 0 Å². The van der Waals surface area contributed by atoms with E-state index >= 15 is 0 Å². The first-order chi connectivity index (χ1) is 7.35. The molecule has 1 saturated carbocycles. The molecule has 0 aromatic carbocycles. The number of amidine groups is 1. The van der Waals surface area contributed by atoms with Crippen molar-refractivity contribution in [2.24, 2.45) is 11.7 Å². The summed E-state index contributed by atoms with van der Waals surface area (Å²) in [5.41, 5.74) is 5.34. The fourth-order valence-corrected chi connectivity index (χ4v) is 3.90. The number of nitrogens with zero attached hydrogens (tertiary/aromatic N) is 1. The molecule has 0 spiro atoms. The zero-order chi connectivity index (χ0) is 12.3. The summed E-state index contributed by atoms with van der Waals surface area (Å²) in [6, 6.07) is 0. The number of nitrogens with one attached hydrogen (secondary N) is 1. The maximum Gasteiger partial charge on any atom is 0.216 e. The fourth-order valence-electron chi connectivity index (χ4n) is 2.03. The Balaban J connectivity index is 2.64. The van der Waals surface area contributed by atoms with Crippen molar-refractivity contribution in [2.75, 3.05) is 13.6 Å². The first kappa shape index (κ1) is 13.4. The fraction of sp³-hybridized carbons (Fsp3) is 0.900. The molecule has 6 heteroatoms. The molecular weight excluding hydrogens is 226 g/mol. The summed E-state index contributed by atoms with van der Waals surface area (Å²) in [5, 5.41) is 7.04. The van der Waals surface area contributed by atoms with Gasteiger partial charge in [0.2, 0.25) is 10.0 Å².